The quantitative estimate of drug-likeness (QED) is 0.443. The van der Waals surface area contributed by atoms with Crippen molar-refractivity contribution in [3.63, 3.8) is 0 Å². The van der Waals surface area contributed by atoms with Crippen LogP contribution in [-0.4, -0.2) is 17.6 Å². The van der Waals surface area contributed by atoms with Gasteiger partial charge >= 0.3 is 5.97 Å². The summed E-state index contributed by atoms with van der Waals surface area (Å²) in [4.78, 5) is 17.4. The fraction of sp³-hybridized carbons (Fsp3) is 0.200. The second kappa shape index (κ2) is 6.27. The van der Waals surface area contributed by atoms with E-state index in [0.29, 0.717) is 11.0 Å². The second-order valence-corrected chi connectivity index (χ2v) is 5.81. The standard InChI is InChI=1S/C15H16N4O3S/c1-2-21-14(20)10-9(8-6-4-3-5-7-8)11-13(22-12(10)16)18-15(19-17)23-11/h3-7,9H,2,16-17H2,1H3,(H,18,19). The van der Waals surface area contributed by atoms with Crippen LogP contribution >= 0.6 is 11.3 Å². The van der Waals surface area contributed by atoms with Crippen LogP contribution in [0.25, 0.3) is 0 Å². The Labute approximate surface area is 136 Å². The third-order valence-corrected chi connectivity index (χ3v) is 4.43. The molecule has 1 aliphatic heterocycles. The van der Waals surface area contributed by atoms with Gasteiger partial charge in [0, 0.05) is 0 Å². The number of fused-ring (bicyclic) bond motifs is 1. The van der Waals surface area contributed by atoms with Gasteiger partial charge in [-0.2, -0.15) is 4.98 Å². The number of carbonyl (C=O) groups excluding carboxylic acids is 1. The lowest BCUT2D eigenvalue weighted by Gasteiger charge is -2.24. The number of benzene rings is 1. The predicted octanol–water partition coefficient (Wildman–Crippen LogP) is 1.69. The topological polar surface area (TPSA) is 112 Å². The highest BCUT2D eigenvalue weighted by molar-refractivity contribution is 7.16. The van der Waals surface area contributed by atoms with Gasteiger partial charge in [-0.1, -0.05) is 41.7 Å². The minimum absolute atomic E-state index is 0.00123. The van der Waals surface area contributed by atoms with Crippen molar-refractivity contribution >= 4 is 22.4 Å². The van der Waals surface area contributed by atoms with Gasteiger partial charge in [-0.3, -0.25) is 5.43 Å². The number of nitrogens with zero attached hydrogens (tertiary/aromatic N) is 1. The molecule has 0 bridgehead atoms. The molecule has 120 valence electrons. The minimum atomic E-state index is -0.500. The fourth-order valence-corrected chi connectivity index (χ4v) is 3.40. The Morgan fingerprint density at radius 1 is 1.43 bits per heavy atom. The molecule has 5 N–H and O–H groups in total. The summed E-state index contributed by atoms with van der Waals surface area (Å²) in [5, 5.41) is 0.480. The van der Waals surface area contributed by atoms with Gasteiger partial charge < -0.3 is 15.2 Å². The van der Waals surface area contributed by atoms with Crippen LogP contribution in [0.15, 0.2) is 41.8 Å². The lowest BCUT2D eigenvalue weighted by Crippen LogP contribution is -2.26. The molecular formula is C15H16N4O3S. The van der Waals surface area contributed by atoms with Gasteiger partial charge in [0.1, 0.15) is 5.57 Å². The first-order valence-electron chi connectivity index (χ1n) is 7.02. The molecule has 3 rings (SSSR count). The van der Waals surface area contributed by atoms with Gasteiger partial charge in [0.15, 0.2) is 0 Å². The third-order valence-electron chi connectivity index (χ3n) is 3.40. The SMILES string of the molecule is CCOC(=O)C1=C(N)Oc2nc(NN)sc2C1c1ccccc1. The Bertz CT molecular complexity index is 757. The van der Waals surface area contributed by atoms with Crippen LogP contribution in [-0.2, 0) is 9.53 Å². The number of nitrogen functional groups attached to an aromatic ring is 1. The molecule has 1 atom stereocenters. The van der Waals surface area contributed by atoms with Gasteiger partial charge in [0.2, 0.25) is 16.9 Å². The zero-order valence-electron chi connectivity index (χ0n) is 12.4. The van der Waals surface area contributed by atoms with Crippen molar-refractivity contribution in [1.29, 1.82) is 0 Å². The smallest absolute Gasteiger partial charge is 0.340 e. The molecule has 23 heavy (non-hydrogen) atoms. The number of thiazole rings is 1. The summed E-state index contributed by atoms with van der Waals surface area (Å²) in [6.45, 7) is 1.99. The van der Waals surface area contributed by atoms with E-state index in [-0.39, 0.29) is 18.1 Å². The maximum absolute atomic E-state index is 12.4. The van der Waals surface area contributed by atoms with Crippen LogP contribution in [0.1, 0.15) is 23.3 Å². The molecule has 8 heteroatoms. The molecule has 0 spiro atoms. The van der Waals surface area contributed by atoms with Crippen molar-refractivity contribution in [3.8, 4) is 5.88 Å². The Morgan fingerprint density at radius 2 is 2.17 bits per heavy atom. The monoisotopic (exact) mass is 332 g/mol. The maximum Gasteiger partial charge on any atom is 0.340 e. The Kier molecular flexibility index (Phi) is 4.18. The Morgan fingerprint density at radius 3 is 2.83 bits per heavy atom. The average molecular weight is 332 g/mol. The van der Waals surface area contributed by atoms with E-state index in [1.807, 2.05) is 30.3 Å². The first-order chi connectivity index (χ1) is 11.2. The maximum atomic E-state index is 12.4. The zero-order chi connectivity index (χ0) is 16.4. The molecule has 2 aromatic rings. The molecule has 0 saturated carbocycles. The number of nitrogens with two attached hydrogens (primary N) is 2. The summed E-state index contributed by atoms with van der Waals surface area (Å²) in [6.07, 6.45) is 0. The highest BCUT2D eigenvalue weighted by Crippen LogP contribution is 2.46. The first kappa shape index (κ1) is 15.3. The average Bonchev–Trinajstić information content (AvgIpc) is 2.97. The molecule has 0 aliphatic carbocycles. The lowest BCUT2D eigenvalue weighted by molar-refractivity contribution is -0.139. The molecule has 7 nitrogen and oxygen atoms in total. The largest absolute Gasteiger partial charge is 0.462 e. The zero-order valence-corrected chi connectivity index (χ0v) is 13.2. The number of anilines is 1. The molecule has 2 heterocycles. The number of hydrogen-bond acceptors (Lipinski definition) is 8. The van der Waals surface area contributed by atoms with Crippen LogP contribution in [0, 0.1) is 0 Å². The number of ether oxygens (including phenoxy) is 2. The Balaban J connectivity index is 2.15. The second-order valence-electron chi connectivity index (χ2n) is 4.78. The molecule has 0 fully saturated rings. The Hall–Kier alpha value is -2.58. The molecule has 1 aromatic heterocycles. The van der Waals surface area contributed by atoms with E-state index < -0.39 is 11.9 Å². The number of hydrogen-bond donors (Lipinski definition) is 3. The van der Waals surface area contributed by atoms with E-state index in [2.05, 4.69) is 10.4 Å². The van der Waals surface area contributed by atoms with Crippen molar-refractivity contribution in [2.75, 3.05) is 12.0 Å². The predicted molar refractivity (Wildman–Crippen MR) is 86.7 cm³/mol. The summed E-state index contributed by atoms with van der Waals surface area (Å²) in [5.41, 5.74) is 9.64. The van der Waals surface area contributed by atoms with E-state index in [1.165, 1.54) is 11.3 Å². The summed E-state index contributed by atoms with van der Waals surface area (Å²) in [6, 6.07) is 9.53. The normalized spacial score (nSPS) is 16.5. The molecule has 1 unspecified atom stereocenters. The number of carbonyl (C=O) groups is 1. The highest BCUT2D eigenvalue weighted by Gasteiger charge is 2.38. The van der Waals surface area contributed by atoms with Crippen LogP contribution < -0.4 is 21.7 Å². The molecule has 0 saturated heterocycles. The van der Waals surface area contributed by atoms with E-state index in [0.717, 1.165) is 10.4 Å². The van der Waals surface area contributed by atoms with E-state index in [4.69, 9.17) is 21.1 Å². The van der Waals surface area contributed by atoms with Gasteiger partial charge in [-0.05, 0) is 12.5 Å². The van der Waals surface area contributed by atoms with E-state index >= 15 is 0 Å². The summed E-state index contributed by atoms with van der Waals surface area (Å²) >= 11 is 1.31. The number of esters is 1. The van der Waals surface area contributed by atoms with Crippen molar-refractivity contribution < 1.29 is 14.3 Å². The van der Waals surface area contributed by atoms with Gasteiger partial charge in [0.05, 0.1) is 17.4 Å². The van der Waals surface area contributed by atoms with Crippen molar-refractivity contribution in [1.82, 2.24) is 4.98 Å². The highest BCUT2D eigenvalue weighted by atomic mass is 32.1. The van der Waals surface area contributed by atoms with E-state index in [1.54, 1.807) is 6.92 Å². The summed E-state index contributed by atoms with van der Waals surface area (Å²) < 4.78 is 10.6. The third kappa shape index (κ3) is 2.73. The molecule has 0 amide bonds. The number of nitrogens with one attached hydrogen (secondary N) is 1. The minimum Gasteiger partial charge on any atom is -0.462 e. The summed E-state index contributed by atoms with van der Waals surface area (Å²) in [5.74, 6) is 4.87. The number of hydrazine groups is 1. The van der Waals surface area contributed by atoms with Crippen molar-refractivity contribution in [2.24, 2.45) is 11.6 Å². The van der Waals surface area contributed by atoms with Crippen LogP contribution in [0.2, 0.25) is 0 Å². The van der Waals surface area contributed by atoms with Crippen molar-refractivity contribution in [2.45, 2.75) is 12.8 Å². The summed E-state index contributed by atoms with van der Waals surface area (Å²) in [7, 11) is 0. The van der Waals surface area contributed by atoms with Gasteiger partial charge in [0.25, 0.3) is 0 Å². The van der Waals surface area contributed by atoms with Crippen molar-refractivity contribution in [3.05, 3.63) is 52.2 Å². The van der Waals surface area contributed by atoms with Gasteiger partial charge in [-0.25, -0.2) is 10.6 Å². The molecular weight excluding hydrogens is 316 g/mol. The molecule has 1 aromatic carbocycles. The molecule has 1 aliphatic rings. The lowest BCUT2D eigenvalue weighted by atomic mass is 9.88. The fourth-order valence-electron chi connectivity index (χ4n) is 2.46. The van der Waals surface area contributed by atoms with E-state index in [9.17, 15) is 4.79 Å². The number of aromatic nitrogens is 1. The first-order valence-corrected chi connectivity index (χ1v) is 7.84. The molecule has 0 radical (unpaired) electrons. The van der Waals surface area contributed by atoms with Crippen LogP contribution in [0.3, 0.4) is 0 Å². The van der Waals surface area contributed by atoms with Gasteiger partial charge in [-0.15, -0.1) is 0 Å². The number of rotatable bonds is 4. The van der Waals surface area contributed by atoms with Crippen LogP contribution in [0.4, 0.5) is 5.13 Å². The van der Waals surface area contributed by atoms with Crippen LogP contribution in [0.5, 0.6) is 5.88 Å².